The number of ether oxygens (including phenoxy) is 1. The Hall–Kier alpha value is -2.21. The summed E-state index contributed by atoms with van der Waals surface area (Å²) >= 11 is 3.16. The number of rotatable bonds is 2. The number of carbonyl (C=O) groups is 1. The van der Waals surface area contributed by atoms with Crippen molar-refractivity contribution in [3.05, 3.63) is 63.9 Å². The molecule has 6 heteroatoms. The van der Waals surface area contributed by atoms with Gasteiger partial charge in [-0.05, 0) is 51.8 Å². The highest BCUT2D eigenvalue weighted by Crippen LogP contribution is 2.22. The average molecular weight is 336 g/mol. The fourth-order valence-electron chi connectivity index (χ4n) is 1.66. The molecule has 3 rings (SSSR count). The summed E-state index contributed by atoms with van der Waals surface area (Å²) in [5.41, 5.74) is 0.795. The second-order valence-electron chi connectivity index (χ2n) is 3.99. The smallest absolute Gasteiger partial charge is 0.363 e. The van der Waals surface area contributed by atoms with Gasteiger partial charge in [0.1, 0.15) is 5.82 Å². The minimum absolute atomic E-state index is 0.106. The highest BCUT2D eigenvalue weighted by Gasteiger charge is 2.26. The molecule has 0 unspecified atom stereocenters. The summed E-state index contributed by atoms with van der Waals surface area (Å²) < 4.78 is 23.6. The van der Waals surface area contributed by atoms with Gasteiger partial charge in [0.15, 0.2) is 16.1 Å². The largest absolute Gasteiger partial charge is 0.444 e. The fraction of sp³-hybridized carbons (Fsp3) is 0. The van der Waals surface area contributed by atoms with Crippen molar-refractivity contribution in [3.63, 3.8) is 0 Å². The van der Waals surface area contributed by atoms with Crippen LogP contribution in [0.2, 0.25) is 0 Å². The number of aliphatic imine (C=N–C) groups is 1. The second-order valence-corrected chi connectivity index (χ2v) is 4.77. The normalized spacial score (nSPS) is 16.4. The molecule has 0 fully saturated rings. The van der Waals surface area contributed by atoms with Crippen LogP contribution >= 0.6 is 15.9 Å². The number of carbonyl (C=O) groups excluding carboxylic acids is 1. The molecule has 2 heterocycles. The summed E-state index contributed by atoms with van der Waals surface area (Å²) in [6, 6.07) is 9.02. The number of hydrogen-bond donors (Lipinski definition) is 0. The standard InChI is InChI=1S/C14H7BrFNO3/c15-12-6-5-11(19-12)13-17-10(14(18)20-13)7-8-1-3-9(16)4-2-8/h1-7H/b10-7-. The molecule has 1 aliphatic rings. The number of furan rings is 1. The summed E-state index contributed by atoms with van der Waals surface area (Å²) in [5, 5.41) is 0. The van der Waals surface area contributed by atoms with Crippen LogP contribution in [0.1, 0.15) is 11.3 Å². The first-order valence-electron chi connectivity index (χ1n) is 5.66. The lowest BCUT2D eigenvalue weighted by atomic mass is 10.2. The predicted molar refractivity (Wildman–Crippen MR) is 73.4 cm³/mol. The molecule has 1 aromatic carbocycles. The van der Waals surface area contributed by atoms with Gasteiger partial charge in [-0.15, -0.1) is 0 Å². The van der Waals surface area contributed by atoms with Crippen LogP contribution in [0.3, 0.4) is 0 Å². The van der Waals surface area contributed by atoms with Crippen molar-refractivity contribution in [2.45, 2.75) is 0 Å². The molecular formula is C14H7BrFNO3. The second kappa shape index (κ2) is 5.05. The van der Waals surface area contributed by atoms with Crippen molar-refractivity contribution in [2.24, 2.45) is 4.99 Å². The Morgan fingerprint density at radius 2 is 1.90 bits per heavy atom. The monoisotopic (exact) mass is 335 g/mol. The Bertz CT molecular complexity index is 731. The lowest BCUT2D eigenvalue weighted by molar-refractivity contribution is -0.130. The molecule has 0 spiro atoms. The van der Waals surface area contributed by atoms with Crippen LogP contribution in [0.15, 0.2) is 56.2 Å². The van der Waals surface area contributed by atoms with E-state index < -0.39 is 5.97 Å². The van der Waals surface area contributed by atoms with Crippen LogP contribution in [0.25, 0.3) is 6.08 Å². The van der Waals surface area contributed by atoms with Crippen molar-refractivity contribution in [2.75, 3.05) is 0 Å². The van der Waals surface area contributed by atoms with Crippen molar-refractivity contribution in [1.29, 1.82) is 0 Å². The number of halogens is 2. The summed E-state index contributed by atoms with van der Waals surface area (Å²) in [6.45, 7) is 0. The van der Waals surface area contributed by atoms with Gasteiger partial charge >= 0.3 is 5.97 Å². The molecule has 0 atom stereocenters. The zero-order chi connectivity index (χ0) is 14.1. The zero-order valence-electron chi connectivity index (χ0n) is 9.97. The molecule has 0 saturated heterocycles. The van der Waals surface area contributed by atoms with Crippen molar-refractivity contribution >= 4 is 33.9 Å². The molecule has 0 bridgehead atoms. The molecule has 20 heavy (non-hydrogen) atoms. The predicted octanol–water partition coefficient (Wildman–Crippen LogP) is 3.53. The van der Waals surface area contributed by atoms with Crippen LogP contribution in [0, 0.1) is 5.82 Å². The highest BCUT2D eigenvalue weighted by atomic mass is 79.9. The molecule has 0 N–H and O–H groups in total. The summed E-state index contributed by atoms with van der Waals surface area (Å²) in [7, 11) is 0. The van der Waals surface area contributed by atoms with E-state index in [9.17, 15) is 9.18 Å². The molecule has 2 aromatic rings. The van der Waals surface area contributed by atoms with E-state index in [2.05, 4.69) is 20.9 Å². The van der Waals surface area contributed by atoms with Crippen LogP contribution in [-0.4, -0.2) is 11.9 Å². The summed E-state index contributed by atoms with van der Waals surface area (Å²) in [6.07, 6.45) is 1.52. The Labute approximate surface area is 121 Å². The van der Waals surface area contributed by atoms with Gasteiger partial charge in [-0.2, -0.15) is 0 Å². The molecular weight excluding hydrogens is 329 g/mol. The minimum atomic E-state index is -0.572. The third kappa shape index (κ3) is 2.55. The molecule has 0 amide bonds. The van der Waals surface area contributed by atoms with Gasteiger partial charge in [-0.25, -0.2) is 14.2 Å². The van der Waals surface area contributed by atoms with Crippen LogP contribution in [0.5, 0.6) is 0 Å². The van der Waals surface area contributed by atoms with E-state index in [0.717, 1.165) is 0 Å². The average Bonchev–Trinajstić information content (AvgIpc) is 3.00. The van der Waals surface area contributed by atoms with E-state index >= 15 is 0 Å². The van der Waals surface area contributed by atoms with E-state index in [1.807, 2.05) is 0 Å². The van der Waals surface area contributed by atoms with Crippen LogP contribution < -0.4 is 0 Å². The molecule has 0 aliphatic carbocycles. The summed E-state index contributed by atoms with van der Waals surface area (Å²) in [5.74, 6) is -0.454. The van der Waals surface area contributed by atoms with Gasteiger partial charge in [0.05, 0.1) is 0 Å². The lowest BCUT2D eigenvalue weighted by Gasteiger charge is -1.93. The summed E-state index contributed by atoms with van der Waals surface area (Å²) in [4.78, 5) is 15.8. The molecule has 0 saturated carbocycles. The van der Waals surface area contributed by atoms with Gasteiger partial charge in [0.25, 0.3) is 5.90 Å². The van der Waals surface area contributed by atoms with Crippen molar-refractivity contribution in [3.8, 4) is 0 Å². The Morgan fingerprint density at radius 3 is 2.55 bits per heavy atom. The molecule has 100 valence electrons. The minimum Gasteiger partial charge on any atom is -0.444 e. The first kappa shape index (κ1) is 12.8. The first-order valence-corrected chi connectivity index (χ1v) is 6.45. The van der Waals surface area contributed by atoms with E-state index in [1.165, 1.54) is 18.2 Å². The maximum Gasteiger partial charge on any atom is 0.363 e. The fourth-order valence-corrected chi connectivity index (χ4v) is 1.97. The Kier molecular flexibility index (Phi) is 3.23. The first-order chi connectivity index (χ1) is 9.61. The van der Waals surface area contributed by atoms with Gasteiger partial charge < -0.3 is 9.15 Å². The lowest BCUT2D eigenvalue weighted by Crippen LogP contribution is -2.04. The quantitative estimate of drug-likeness (QED) is 0.623. The third-order valence-electron chi connectivity index (χ3n) is 2.58. The molecule has 0 radical (unpaired) electrons. The maximum absolute atomic E-state index is 12.8. The number of cyclic esters (lactones) is 1. The topological polar surface area (TPSA) is 51.8 Å². The SMILES string of the molecule is O=C1OC(c2ccc(Br)o2)=N/C1=C\c1ccc(F)cc1. The Balaban J connectivity index is 1.92. The molecule has 1 aromatic heterocycles. The van der Waals surface area contributed by atoms with Gasteiger partial charge in [0.2, 0.25) is 0 Å². The van der Waals surface area contributed by atoms with Crippen LogP contribution in [0.4, 0.5) is 4.39 Å². The Morgan fingerprint density at radius 1 is 1.15 bits per heavy atom. The van der Waals surface area contributed by atoms with Gasteiger partial charge in [0, 0.05) is 0 Å². The third-order valence-corrected chi connectivity index (χ3v) is 3.00. The van der Waals surface area contributed by atoms with Gasteiger partial charge in [-0.3, -0.25) is 0 Å². The van der Waals surface area contributed by atoms with E-state index in [0.29, 0.717) is 16.0 Å². The molecule has 4 nitrogen and oxygen atoms in total. The zero-order valence-corrected chi connectivity index (χ0v) is 11.6. The number of esters is 1. The molecule has 1 aliphatic heterocycles. The number of nitrogens with zero attached hydrogens (tertiary/aromatic N) is 1. The van der Waals surface area contributed by atoms with Crippen molar-refractivity contribution in [1.82, 2.24) is 0 Å². The number of hydrogen-bond acceptors (Lipinski definition) is 4. The van der Waals surface area contributed by atoms with Crippen LogP contribution in [-0.2, 0) is 9.53 Å². The van der Waals surface area contributed by atoms with E-state index in [-0.39, 0.29) is 17.4 Å². The van der Waals surface area contributed by atoms with E-state index in [4.69, 9.17) is 9.15 Å². The van der Waals surface area contributed by atoms with Gasteiger partial charge in [-0.1, -0.05) is 12.1 Å². The van der Waals surface area contributed by atoms with E-state index in [1.54, 1.807) is 24.3 Å². The van der Waals surface area contributed by atoms with Crippen molar-refractivity contribution < 1.29 is 18.3 Å². The number of benzene rings is 1. The highest BCUT2D eigenvalue weighted by molar-refractivity contribution is 9.10. The maximum atomic E-state index is 12.8.